The predicted octanol–water partition coefficient (Wildman–Crippen LogP) is 3.40. The Bertz CT molecular complexity index is 787. The first-order valence-electron chi connectivity index (χ1n) is 9.79. The number of hydrogen-bond donors (Lipinski definition) is 2. The molecule has 1 aliphatic carbocycles. The van der Waals surface area contributed by atoms with Crippen LogP contribution < -0.4 is 5.32 Å². The van der Waals surface area contributed by atoms with Crippen molar-refractivity contribution in [1.82, 2.24) is 20.2 Å². The van der Waals surface area contributed by atoms with Gasteiger partial charge in [0.05, 0.1) is 11.0 Å². The lowest BCUT2D eigenvalue weighted by molar-refractivity contribution is 0.0761. The molecule has 0 bridgehead atoms. The van der Waals surface area contributed by atoms with Crippen LogP contribution in [0.1, 0.15) is 55.9 Å². The van der Waals surface area contributed by atoms with Gasteiger partial charge in [0.15, 0.2) is 0 Å². The highest BCUT2D eigenvalue weighted by Gasteiger charge is 2.29. The Morgan fingerprint density at radius 1 is 1.38 bits per heavy atom. The average Bonchev–Trinajstić information content (AvgIpc) is 3.01. The summed E-state index contributed by atoms with van der Waals surface area (Å²) in [7, 11) is 1.90. The van der Waals surface area contributed by atoms with E-state index in [1.807, 2.05) is 24.9 Å². The highest BCUT2D eigenvalue weighted by molar-refractivity contribution is 5.97. The van der Waals surface area contributed by atoms with Crippen molar-refractivity contribution in [3.8, 4) is 0 Å². The van der Waals surface area contributed by atoms with Crippen LogP contribution in [0.5, 0.6) is 0 Å². The Labute approximate surface area is 156 Å². The number of aromatic nitrogens is 2. The largest absolute Gasteiger partial charge is 0.349 e. The highest BCUT2D eigenvalue weighted by Crippen LogP contribution is 2.37. The van der Waals surface area contributed by atoms with Gasteiger partial charge >= 0.3 is 0 Å². The first-order chi connectivity index (χ1) is 12.3. The lowest BCUT2D eigenvalue weighted by Crippen LogP contribution is -2.36. The lowest BCUT2D eigenvalue weighted by atomic mass is 9.71. The van der Waals surface area contributed by atoms with Gasteiger partial charge in [-0.25, -0.2) is 0 Å². The average molecular weight is 357 g/mol. The Balaban J connectivity index is 1.87. The van der Waals surface area contributed by atoms with Crippen LogP contribution in [0.25, 0.3) is 11.0 Å². The molecule has 0 radical (unpaired) electrons. The fourth-order valence-electron chi connectivity index (χ4n) is 3.88. The Hall–Kier alpha value is -1.88. The van der Waals surface area contributed by atoms with E-state index in [4.69, 9.17) is 4.98 Å². The molecule has 1 unspecified atom stereocenters. The van der Waals surface area contributed by atoms with Gasteiger partial charge in [-0.2, -0.15) is 0 Å². The first kappa shape index (κ1) is 18.9. The maximum atomic E-state index is 12.8. The number of pyridine rings is 1. The number of aryl methyl sites for hydroxylation is 1. The molecule has 0 aromatic carbocycles. The number of amides is 1. The maximum absolute atomic E-state index is 12.8. The van der Waals surface area contributed by atoms with Crippen molar-refractivity contribution in [3.63, 3.8) is 0 Å². The van der Waals surface area contributed by atoms with Gasteiger partial charge in [0.2, 0.25) is 0 Å². The van der Waals surface area contributed by atoms with Gasteiger partial charge in [0, 0.05) is 25.3 Å². The summed E-state index contributed by atoms with van der Waals surface area (Å²) in [4.78, 5) is 22.8. The van der Waals surface area contributed by atoms with Crippen LogP contribution >= 0.6 is 0 Å². The number of carbonyl (C=O) groups excluding carboxylic acids is 1. The minimum absolute atomic E-state index is 0.0475. The van der Waals surface area contributed by atoms with E-state index >= 15 is 0 Å². The summed E-state index contributed by atoms with van der Waals surface area (Å²) in [5.41, 5.74) is 5.39. The van der Waals surface area contributed by atoms with Gasteiger partial charge < -0.3 is 15.2 Å². The Kier molecular flexibility index (Phi) is 5.37. The normalized spacial score (nSPS) is 17.3. The minimum Gasteiger partial charge on any atom is -0.349 e. The van der Waals surface area contributed by atoms with E-state index in [0.717, 1.165) is 30.4 Å². The van der Waals surface area contributed by atoms with Crippen LogP contribution in [0.4, 0.5) is 0 Å². The molecule has 0 aliphatic heterocycles. The summed E-state index contributed by atoms with van der Waals surface area (Å²) < 4.78 is 0. The lowest BCUT2D eigenvalue weighted by Gasteiger charge is -2.34. The number of aromatic amines is 1. The second-order valence-electron chi connectivity index (χ2n) is 8.50. The molecule has 142 valence electrons. The summed E-state index contributed by atoms with van der Waals surface area (Å²) in [6, 6.07) is 4.13. The molecule has 2 aromatic heterocycles. The minimum atomic E-state index is 0.0475. The summed E-state index contributed by atoms with van der Waals surface area (Å²) in [5.74, 6) is 0.730. The van der Waals surface area contributed by atoms with E-state index in [0.29, 0.717) is 30.1 Å². The van der Waals surface area contributed by atoms with Crippen molar-refractivity contribution in [2.24, 2.45) is 11.3 Å². The summed E-state index contributed by atoms with van der Waals surface area (Å²) >= 11 is 0. The van der Waals surface area contributed by atoms with E-state index in [2.05, 4.69) is 37.1 Å². The third kappa shape index (κ3) is 3.78. The number of nitrogens with zero attached hydrogens (tertiary/aromatic N) is 2. The van der Waals surface area contributed by atoms with E-state index in [-0.39, 0.29) is 5.91 Å². The molecule has 0 saturated carbocycles. The molecule has 1 atom stereocenters. The Morgan fingerprint density at radius 3 is 2.81 bits per heavy atom. The van der Waals surface area contributed by atoms with Gasteiger partial charge in [0.1, 0.15) is 5.69 Å². The fraction of sp³-hybridized carbons (Fsp3) is 0.619. The maximum Gasteiger partial charge on any atom is 0.270 e. The molecule has 1 amide bonds. The van der Waals surface area contributed by atoms with Gasteiger partial charge in [0.25, 0.3) is 5.91 Å². The van der Waals surface area contributed by atoms with E-state index in [1.54, 1.807) is 0 Å². The summed E-state index contributed by atoms with van der Waals surface area (Å²) in [6.45, 7) is 11.2. The summed E-state index contributed by atoms with van der Waals surface area (Å²) in [6.07, 6.45) is 3.30. The Morgan fingerprint density at radius 2 is 2.15 bits per heavy atom. The molecule has 0 spiro atoms. The molecule has 2 N–H and O–H groups in total. The molecule has 3 rings (SSSR count). The highest BCUT2D eigenvalue weighted by atomic mass is 16.2. The molecule has 5 nitrogen and oxygen atoms in total. The number of hydrogen-bond acceptors (Lipinski definition) is 3. The van der Waals surface area contributed by atoms with E-state index in [1.165, 1.54) is 17.7 Å². The molecule has 2 aromatic rings. The van der Waals surface area contributed by atoms with Crippen LogP contribution in [0.15, 0.2) is 12.1 Å². The third-order valence-electron chi connectivity index (χ3n) is 5.72. The van der Waals surface area contributed by atoms with Crippen molar-refractivity contribution < 1.29 is 4.79 Å². The second kappa shape index (κ2) is 7.39. The van der Waals surface area contributed by atoms with E-state index < -0.39 is 0 Å². The number of nitrogens with one attached hydrogen (secondary N) is 2. The fourth-order valence-corrected chi connectivity index (χ4v) is 3.88. The van der Waals surface area contributed by atoms with Crippen molar-refractivity contribution in [3.05, 3.63) is 29.1 Å². The van der Waals surface area contributed by atoms with Crippen LogP contribution in [-0.2, 0) is 12.8 Å². The zero-order valence-corrected chi connectivity index (χ0v) is 16.8. The van der Waals surface area contributed by atoms with Crippen LogP contribution in [0.3, 0.4) is 0 Å². The molecule has 0 fully saturated rings. The zero-order valence-electron chi connectivity index (χ0n) is 16.8. The van der Waals surface area contributed by atoms with Crippen LogP contribution in [0, 0.1) is 11.3 Å². The van der Waals surface area contributed by atoms with Crippen LogP contribution in [-0.4, -0.2) is 47.5 Å². The molecular weight excluding hydrogens is 324 g/mol. The molecular formula is C21H32N4O. The van der Waals surface area contributed by atoms with Crippen LogP contribution in [0.2, 0.25) is 0 Å². The monoisotopic (exact) mass is 356 g/mol. The topological polar surface area (TPSA) is 61.0 Å². The quantitative estimate of drug-likeness (QED) is 0.863. The van der Waals surface area contributed by atoms with Gasteiger partial charge in [-0.15, -0.1) is 0 Å². The van der Waals surface area contributed by atoms with E-state index in [9.17, 15) is 4.79 Å². The second-order valence-corrected chi connectivity index (χ2v) is 8.50. The van der Waals surface area contributed by atoms with Crippen molar-refractivity contribution in [1.29, 1.82) is 0 Å². The van der Waals surface area contributed by atoms with Crippen molar-refractivity contribution in [2.45, 2.75) is 47.0 Å². The first-order valence-corrected chi connectivity index (χ1v) is 9.79. The molecule has 0 saturated heterocycles. The van der Waals surface area contributed by atoms with Crippen molar-refractivity contribution in [2.75, 3.05) is 26.7 Å². The number of likely N-dealkylation sites (N-methyl/N-ethyl adjacent to an activating group) is 2. The zero-order chi connectivity index (χ0) is 18.9. The standard InChI is InChI=1S/C21H32N4O/c1-6-25(10-9-22-5)20(26)19-13-18-17(24-19)12-14-11-15(21(2,3)4)7-8-16(14)23-18/h12-13,15,22,24H,6-11H2,1-5H3. The third-order valence-corrected chi connectivity index (χ3v) is 5.72. The summed E-state index contributed by atoms with van der Waals surface area (Å²) in [5, 5.41) is 3.10. The van der Waals surface area contributed by atoms with Gasteiger partial charge in [-0.1, -0.05) is 20.8 Å². The number of rotatable bonds is 5. The smallest absolute Gasteiger partial charge is 0.270 e. The number of H-pyrrole nitrogens is 1. The van der Waals surface area contributed by atoms with Gasteiger partial charge in [-0.3, -0.25) is 9.78 Å². The molecule has 5 heteroatoms. The van der Waals surface area contributed by atoms with Crippen molar-refractivity contribution >= 4 is 16.9 Å². The molecule has 2 heterocycles. The van der Waals surface area contributed by atoms with Gasteiger partial charge in [-0.05, 0) is 62.3 Å². The molecule has 1 aliphatic rings. The molecule has 26 heavy (non-hydrogen) atoms. The number of fused-ring (bicyclic) bond motifs is 2. The SMILES string of the molecule is CCN(CCNC)C(=O)c1cc2nc3c(cc2[nH]1)CC(C(C)(C)C)CC3. The number of carbonyl (C=O) groups is 1. The predicted molar refractivity (Wildman–Crippen MR) is 107 cm³/mol.